The summed E-state index contributed by atoms with van der Waals surface area (Å²) >= 11 is 0. The molecule has 0 aliphatic carbocycles. The standard InChI is InChI=1S/C23H29NO5/c1-5-26-22(25)23(4)27-14-18(15-28-23)8-6-7-9-20-17(3)29-21(24-20)19-12-10-16(2)11-13-19/h7,9-13,18H,5-6,8,14-15H2,1-4H3/b9-7+. The van der Waals surface area contributed by atoms with E-state index in [1.165, 1.54) is 5.56 Å². The Morgan fingerprint density at radius 3 is 2.59 bits per heavy atom. The van der Waals surface area contributed by atoms with Gasteiger partial charge in [-0.3, -0.25) is 0 Å². The highest BCUT2D eigenvalue weighted by Gasteiger charge is 2.41. The van der Waals surface area contributed by atoms with Crippen LogP contribution in [-0.4, -0.2) is 36.6 Å². The number of ether oxygens (including phenoxy) is 3. The molecule has 0 radical (unpaired) electrons. The Morgan fingerprint density at radius 2 is 1.93 bits per heavy atom. The molecule has 0 saturated carbocycles. The Bertz CT molecular complexity index is 845. The summed E-state index contributed by atoms with van der Waals surface area (Å²) in [5.41, 5.74) is 3.02. The number of aromatic nitrogens is 1. The number of carbonyl (C=O) groups is 1. The molecule has 156 valence electrons. The van der Waals surface area contributed by atoms with E-state index in [-0.39, 0.29) is 5.92 Å². The van der Waals surface area contributed by atoms with Crippen molar-refractivity contribution in [1.29, 1.82) is 0 Å². The van der Waals surface area contributed by atoms with Crippen LogP contribution in [0.2, 0.25) is 0 Å². The minimum Gasteiger partial charge on any atom is -0.462 e. The maximum atomic E-state index is 11.9. The van der Waals surface area contributed by atoms with Gasteiger partial charge in [-0.1, -0.05) is 23.8 Å². The quantitative estimate of drug-likeness (QED) is 0.629. The van der Waals surface area contributed by atoms with Crippen LogP contribution in [0.4, 0.5) is 0 Å². The molecule has 0 N–H and O–H groups in total. The molecular weight excluding hydrogens is 370 g/mol. The Labute approximate surface area is 171 Å². The van der Waals surface area contributed by atoms with Crippen molar-refractivity contribution in [3.05, 3.63) is 47.4 Å². The van der Waals surface area contributed by atoms with Gasteiger partial charge in [0.15, 0.2) is 0 Å². The Morgan fingerprint density at radius 1 is 1.24 bits per heavy atom. The van der Waals surface area contributed by atoms with Crippen LogP contribution < -0.4 is 0 Å². The summed E-state index contributed by atoms with van der Waals surface area (Å²) in [4.78, 5) is 16.5. The van der Waals surface area contributed by atoms with Gasteiger partial charge < -0.3 is 18.6 Å². The van der Waals surface area contributed by atoms with Crippen molar-refractivity contribution in [1.82, 2.24) is 4.98 Å². The Balaban J connectivity index is 1.49. The first-order chi connectivity index (χ1) is 13.9. The average molecular weight is 399 g/mol. The lowest BCUT2D eigenvalue weighted by Crippen LogP contribution is -2.48. The van der Waals surface area contributed by atoms with Gasteiger partial charge in [-0.05, 0) is 51.8 Å². The monoisotopic (exact) mass is 399 g/mol. The molecule has 3 rings (SSSR count). The smallest absolute Gasteiger partial charge is 0.366 e. The lowest BCUT2D eigenvalue weighted by atomic mass is 10.0. The third-order valence-corrected chi connectivity index (χ3v) is 4.98. The SMILES string of the molecule is CCOC(=O)C1(C)OCC(CC/C=C/c2nc(-c3ccc(C)cc3)oc2C)CO1. The van der Waals surface area contributed by atoms with Crippen LogP contribution in [0.3, 0.4) is 0 Å². The number of carbonyl (C=O) groups excluding carboxylic acids is 1. The van der Waals surface area contributed by atoms with E-state index in [0.29, 0.717) is 25.7 Å². The molecule has 0 amide bonds. The number of nitrogens with zero attached hydrogens (tertiary/aromatic N) is 1. The van der Waals surface area contributed by atoms with Gasteiger partial charge in [0, 0.05) is 18.4 Å². The molecule has 6 nitrogen and oxygen atoms in total. The number of rotatable bonds is 7. The van der Waals surface area contributed by atoms with Gasteiger partial charge >= 0.3 is 5.97 Å². The Kier molecular flexibility index (Phi) is 6.87. The fourth-order valence-corrected chi connectivity index (χ4v) is 3.10. The average Bonchev–Trinajstić information content (AvgIpc) is 3.08. The van der Waals surface area contributed by atoms with Gasteiger partial charge in [0.05, 0.1) is 19.8 Å². The zero-order chi connectivity index (χ0) is 20.9. The predicted molar refractivity (Wildman–Crippen MR) is 110 cm³/mol. The van der Waals surface area contributed by atoms with Gasteiger partial charge in [-0.2, -0.15) is 0 Å². The minimum atomic E-state index is -1.29. The van der Waals surface area contributed by atoms with Crippen molar-refractivity contribution in [2.45, 2.75) is 46.3 Å². The van der Waals surface area contributed by atoms with E-state index in [0.717, 1.165) is 29.9 Å². The first-order valence-electron chi connectivity index (χ1n) is 10.1. The van der Waals surface area contributed by atoms with E-state index in [9.17, 15) is 4.79 Å². The fourth-order valence-electron chi connectivity index (χ4n) is 3.10. The number of aryl methyl sites for hydroxylation is 2. The highest BCUT2D eigenvalue weighted by Crippen LogP contribution is 2.26. The zero-order valence-electron chi connectivity index (χ0n) is 17.6. The van der Waals surface area contributed by atoms with Crippen molar-refractivity contribution in [3.8, 4) is 11.5 Å². The maximum Gasteiger partial charge on any atom is 0.366 e. The second-order valence-electron chi connectivity index (χ2n) is 7.46. The van der Waals surface area contributed by atoms with Crippen molar-refractivity contribution >= 4 is 12.0 Å². The molecule has 1 aliphatic heterocycles. The van der Waals surface area contributed by atoms with Crippen LogP contribution in [0.25, 0.3) is 17.5 Å². The zero-order valence-corrected chi connectivity index (χ0v) is 17.6. The summed E-state index contributed by atoms with van der Waals surface area (Å²) < 4.78 is 22.1. The van der Waals surface area contributed by atoms with Crippen LogP contribution in [-0.2, 0) is 19.0 Å². The third-order valence-electron chi connectivity index (χ3n) is 4.98. The summed E-state index contributed by atoms with van der Waals surface area (Å²) in [5, 5.41) is 0. The lowest BCUT2D eigenvalue weighted by molar-refractivity contribution is -0.273. The molecule has 0 unspecified atom stereocenters. The second-order valence-corrected chi connectivity index (χ2v) is 7.46. The number of oxazole rings is 1. The lowest BCUT2D eigenvalue weighted by Gasteiger charge is -2.35. The van der Waals surface area contributed by atoms with Gasteiger partial charge in [-0.25, -0.2) is 9.78 Å². The molecule has 1 saturated heterocycles. The highest BCUT2D eigenvalue weighted by atomic mass is 16.7. The molecule has 2 heterocycles. The third kappa shape index (κ3) is 5.34. The molecule has 1 fully saturated rings. The van der Waals surface area contributed by atoms with Crippen LogP contribution in [0, 0.1) is 19.8 Å². The molecule has 2 aromatic rings. The first-order valence-corrected chi connectivity index (χ1v) is 10.1. The van der Waals surface area contributed by atoms with E-state index < -0.39 is 11.8 Å². The van der Waals surface area contributed by atoms with E-state index in [1.807, 2.05) is 37.3 Å². The molecule has 0 bridgehead atoms. The summed E-state index contributed by atoms with van der Waals surface area (Å²) in [5.74, 6) is -0.0826. The molecule has 29 heavy (non-hydrogen) atoms. The molecule has 1 aromatic carbocycles. The largest absolute Gasteiger partial charge is 0.462 e. The van der Waals surface area contributed by atoms with Crippen LogP contribution in [0.15, 0.2) is 34.8 Å². The summed E-state index contributed by atoms with van der Waals surface area (Å²) in [6, 6.07) is 8.12. The summed E-state index contributed by atoms with van der Waals surface area (Å²) in [6.45, 7) is 8.61. The van der Waals surface area contributed by atoms with Crippen LogP contribution in [0.5, 0.6) is 0 Å². The fraction of sp³-hybridized carbons (Fsp3) is 0.478. The molecule has 0 atom stereocenters. The van der Waals surface area contributed by atoms with E-state index in [4.69, 9.17) is 18.6 Å². The topological polar surface area (TPSA) is 70.8 Å². The molecular formula is C23H29NO5. The van der Waals surface area contributed by atoms with E-state index in [2.05, 4.69) is 18.0 Å². The molecule has 6 heteroatoms. The van der Waals surface area contributed by atoms with Crippen LogP contribution in [0.1, 0.15) is 43.7 Å². The van der Waals surface area contributed by atoms with Crippen molar-refractivity contribution in [2.75, 3.05) is 19.8 Å². The number of allylic oxidation sites excluding steroid dienone is 1. The second kappa shape index (κ2) is 9.37. The van der Waals surface area contributed by atoms with E-state index in [1.54, 1.807) is 13.8 Å². The molecule has 1 aliphatic rings. The first kappa shape index (κ1) is 21.3. The Hall–Kier alpha value is -2.44. The minimum absolute atomic E-state index is 0.240. The highest BCUT2D eigenvalue weighted by molar-refractivity contribution is 5.77. The number of hydrogen-bond donors (Lipinski definition) is 0. The van der Waals surface area contributed by atoms with Gasteiger partial charge in [0.1, 0.15) is 11.5 Å². The number of hydrogen-bond acceptors (Lipinski definition) is 6. The van der Waals surface area contributed by atoms with Crippen molar-refractivity contribution in [2.24, 2.45) is 5.92 Å². The number of benzene rings is 1. The van der Waals surface area contributed by atoms with Gasteiger partial charge in [-0.15, -0.1) is 0 Å². The molecule has 0 spiro atoms. The summed E-state index contributed by atoms with van der Waals surface area (Å²) in [6.07, 6.45) is 5.84. The van der Waals surface area contributed by atoms with E-state index >= 15 is 0 Å². The molecule has 1 aromatic heterocycles. The van der Waals surface area contributed by atoms with Crippen molar-refractivity contribution in [3.63, 3.8) is 0 Å². The predicted octanol–water partition coefficient (Wildman–Crippen LogP) is 4.69. The summed E-state index contributed by atoms with van der Waals surface area (Å²) in [7, 11) is 0. The van der Waals surface area contributed by atoms with Crippen LogP contribution >= 0.6 is 0 Å². The van der Waals surface area contributed by atoms with Gasteiger partial charge in [0.25, 0.3) is 5.79 Å². The maximum absolute atomic E-state index is 11.9. The normalized spacial score (nSPS) is 22.1. The number of esters is 1. The van der Waals surface area contributed by atoms with Crippen molar-refractivity contribution < 1.29 is 23.4 Å². The van der Waals surface area contributed by atoms with Gasteiger partial charge in [0.2, 0.25) is 5.89 Å².